The molecular formula is C23H25BrN4O3. The first-order valence-corrected chi connectivity index (χ1v) is 10.5. The molecule has 0 unspecified atom stereocenters. The molecule has 0 atom stereocenters. The molecule has 8 heteroatoms. The maximum atomic E-state index is 12.1. The van der Waals surface area contributed by atoms with E-state index in [2.05, 4.69) is 50.6 Å². The van der Waals surface area contributed by atoms with Crippen molar-refractivity contribution in [3.8, 4) is 11.5 Å². The van der Waals surface area contributed by atoms with Gasteiger partial charge in [-0.05, 0) is 66.0 Å². The second-order valence-corrected chi connectivity index (χ2v) is 7.91. The lowest BCUT2D eigenvalue weighted by Gasteiger charge is -2.11. The molecule has 3 aromatic rings. The lowest BCUT2D eigenvalue weighted by atomic mass is 10.2. The molecule has 7 nitrogen and oxygen atoms in total. The lowest BCUT2D eigenvalue weighted by Crippen LogP contribution is -2.24. The van der Waals surface area contributed by atoms with Gasteiger partial charge in [0.2, 0.25) is 0 Å². The van der Waals surface area contributed by atoms with E-state index in [4.69, 9.17) is 9.47 Å². The number of benzene rings is 2. The Kier molecular flexibility index (Phi) is 7.46. The van der Waals surface area contributed by atoms with Crippen LogP contribution in [0.25, 0.3) is 0 Å². The van der Waals surface area contributed by atoms with Gasteiger partial charge in [0.1, 0.15) is 13.2 Å². The van der Waals surface area contributed by atoms with Crippen molar-refractivity contribution in [2.75, 3.05) is 7.11 Å². The third-order valence-corrected chi connectivity index (χ3v) is 5.84. The number of rotatable bonds is 8. The normalized spacial score (nSPS) is 11.0. The number of hydrogen-bond acceptors (Lipinski definition) is 5. The van der Waals surface area contributed by atoms with E-state index in [1.165, 1.54) is 5.56 Å². The number of hydrazone groups is 1. The molecule has 3 rings (SSSR count). The van der Waals surface area contributed by atoms with Crippen LogP contribution in [-0.4, -0.2) is 29.0 Å². The van der Waals surface area contributed by atoms with Crippen LogP contribution in [0.4, 0.5) is 0 Å². The summed E-state index contributed by atoms with van der Waals surface area (Å²) in [6.45, 7) is 6.36. The van der Waals surface area contributed by atoms with E-state index in [-0.39, 0.29) is 12.5 Å². The number of nitrogens with zero attached hydrogens (tertiary/aromatic N) is 3. The molecule has 1 amide bonds. The number of ether oxygens (including phenoxy) is 2. The van der Waals surface area contributed by atoms with Crippen molar-refractivity contribution in [1.82, 2.24) is 15.2 Å². The zero-order chi connectivity index (χ0) is 22.4. The van der Waals surface area contributed by atoms with Gasteiger partial charge >= 0.3 is 0 Å². The van der Waals surface area contributed by atoms with Crippen molar-refractivity contribution in [1.29, 1.82) is 0 Å². The second kappa shape index (κ2) is 10.3. The summed E-state index contributed by atoms with van der Waals surface area (Å²) in [5.41, 5.74) is 7.31. The molecule has 0 aliphatic heterocycles. The standard InChI is InChI=1S/C23H25BrN4O3/c1-15-5-7-18(8-6-15)14-31-20-10-9-19(11-21(20)30-4)12-25-26-22(29)13-28-17(3)23(24)16(2)27-28/h5-12H,13-14H2,1-4H3,(H,26,29)/b25-12+. The van der Waals surface area contributed by atoms with E-state index >= 15 is 0 Å². The smallest absolute Gasteiger partial charge is 0.261 e. The van der Waals surface area contributed by atoms with Gasteiger partial charge in [-0.25, -0.2) is 5.43 Å². The number of methoxy groups -OCH3 is 1. The Balaban J connectivity index is 1.58. The van der Waals surface area contributed by atoms with Crippen molar-refractivity contribution in [2.45, 2.75) is 33.9 Å². The third-order valence-electron chi connectivity index (χ3n) is 4.69. The van der Waals surface area contributed by atoms with E-state index in [1.54, 1.807) is 24.1 Å². The summed E-state index contributed by atoms with van der Waals surface area (Å²) in [6.07, 6.45) is 1.56. The van der Waals surface area contributed by atoms with Gasteiger partial charge in [0.25, 0.3) is 5.91 Å². The van der Waals surface area contributed by atoms with Gasteiger partial charge in [0.15, 0.2) is 11.5 Å². The summed E-state index contributed by atoms with van der Waals surface area (Å²) in [4.78, 5) is 12.1. The summed E-state index contributed by atoms with van der Waals surface area (Å²) < 4.78 is 13.9. The third kappa shape index (κ3) is 5.95. The van der Waals surface area contributed by atoms with Crippen molar-refractivity contribution in [3.63, 3.8) is 0 Å². The van der Waals surface area contributed by atoms with Crippen molar-refractivity contribution in [3.05, 3.63) is 75.0 Å². The SMILES string of the molecule is COc1cc(/C=N/NC(=O)Cn2nc(C)c(Br)c2C)ccc1OCc1ccc(C)cc1. The van der Waals surface area contributed by atoms with E-state index in [1.807, 2.05) is 38.1 Å². The van der Waals surface area contributed by atoms with Crippen LogP contribution in [0.2, 0.25) is 0 Å². The number of aromatic nitrogens is 2. The highest BCUT2D eigenvalue weighted by atomic mass is 79.9. The predicted molar refractivity (Wildman–Crippen MR) is 124 cm³/mol. The molecule has 0 aliphatic rings. The van der Waals surface area contributed by atoms with Crippen LogP contribution in [0.15, 0.2) is 52.0 Å². The van der Waals surface area contributed by atoms with Crippen LogP contribution in [0.5, 0.6) is 11.5 Å². The number of carbonyl (C=O) groups is 1. The average Bonchev–Trinajstić information content (AvgIpc) is 3.00. The Morgan fingerprint density at radius 1 is 1.16 bits per heavy atom. The zero-order valence-electron chi connectivity index (χ0n) is 18.0. The monoisotopic (exact) mass is 484 g/mol. The largest absolute Gasteiger partial charge is 0.493 e. The number of nitrogens with one attached hydrogen (secondary N) is 1. The van der Waals surface area contributed by atoms with E-state index in [9.17, 15) is 4.79 Å². The number of aryl methyl sites for hydroxylation is 2. The summed E-state index contributed by atoms with van der Waals surface area (Å²) >= 11 is 3.45. The second-order valence-electron chi connectivity index (χ2n) is 7.12. The number of hydrogen-bond donors (Lipinski definition) is 1. The van der Waals surface area contributed by atoms with E-state index in [0.717, 1.165) is 27.0 Å². The molecule has 0 aliphatic carbocycles. The Morgan fingerprint density at radius 3 is 2.55 bits per heavy atom. The van der Waals surface area contributed by atoms with Crippen LogP contribution in [0, 0.1) is 20.8 Å². The summed E-state index contributed by atoms with van der Waals surface area (Å²) in [7, 11) is 1.59. The maximum Gasteiger partial charge on any atom is 0.261 e. The quantitative estimate of drug-likeness (QED) is 0.381. The van der Waals surface area contributed by atoms with Gasteiger partial charge in [-0.2, -0.15) is 10.2 Å². The molecule has 162 valence electrons. The maximum absolute atomic E-state index is 12.1. The fraction of sp³-hybridized carbons (Fsp3) is 0.261. The Bertz CT molecular complexity index is 1090. The first-order valence-electron chi connectivity index (χ1n) is 9.75. The van der Waals surface area contributed by atoms with Gasteiger partial charge in [-0.15, -0.1) is 0 Å². The van der Waals surface area contributed by atoms with E-state index in [0.29, 0.717) is 18.1 Å². The molecule has 1 N–H and O–H groups in total. The first kappa shape index (κ1) is 22.6. The number of carbonyl (C=O) groups excluding carboxylic acids is 1. The van der Waals surface area contributed by atoms with Crippen molar-refractivity contribution in [2.24, 2.45) is 5.10 Å². The Morgan fingerprint density at radius 2 is 1.90 bits per heavy atom. The predicted octanol–water partition coefficient (Wildman–Crippen LogP) is 4.31. The lowest BCUT2D eigenvalue weighted by molar-refractivity contribution is -0.121. The summed E-state index contributed by atoms with van der Waals surface area (Å²) in [6, 6.07) is 13.7. The summed E-state index contributed by atoms with van der Waals surface area (Å²) in [5.74, 6) is 0.966. The molecule has 0 spiro atoms. The Hall–Kier alpha value is -3.13. The van der Waals surface area contributed by atoms with Crippen molar-refractivity contribution < 1.29 is 14.3 Å². The van der Waals surface area contributed by atoms with Crippen LogP contribution in [-0.2, 0) is 17.9 Å². The molecule has 0 fully saturated rings. The molecule has 0 radical (unpaired) electrons. The van der Waals surface area contributed by atoms with Crippen LogP contribution < -0.4 is 14.9 Å². The topological polar surface area (TPSA) is 77.7 Å². The van der Waals surface area contributed by atoms with Gasteiger partial charge in [-0.3, -0.25) is 9.48 Å². The molecule has 1 aromatic heterocycles. The van der Waals surface area contributed by atoms with Gasteiger partial charge in [0.05, 0.1) is 29.2 Å². The van der Waals surface area contributed by atoms with Gasteiger partial charge in [0, 0.05) is 0 Å². The summed E-state index contributed by atoms with van der Waals surface area (Å²) in [5, 5.41) is 8.35. The minimum absolute atomic E-state index is 0.0880. The minimum atomic E-state index is -0.264. The van der Waals surface area contributed by atoms with Crippen molar-refractivity contribution >= 4 is 28.1 Å². The molecule has 0 bridgehead atoms. The molecule has 1 heterocycles. The zero-order valence-corrected chi connectivity index (χ0v) is 19.6. The number of halogens is 1. The number of amides is 1. The van der Waals surface area contributed by atoms with Crippen LogP contribution in [0.3, 0.4) is 0 Å². The van der Waals surface area contributed by atoms with Gasteiger partial charge in [-0.1, -0.05) is 29.8 Å². The molecule has 31 heavy (non-hydrogen) atoms. The Labute approximate surface area is 190 Å². The molecule has 0 saturated heterocycles. The van der Waals surface area contributed by atoms with Gasteiger partial charge < -0.3 is 9.47 Å². The highest BCUT2D eigenvalue weighted by molar-refractivity contribution is 9.10. The molecule has 2 aromatic carbocycles. The van der Waals surface area contributed by atoms with Crippen LogP contribution >= 0.6 is 15.9 Å². The average molecular weight is 485 g/mol. The highest BCUT2D eigenvalue weighted by Crippen LogP contribution is 2.28. The molecule has 0 saturated carbocycles. The minimum Gasteiger partial charge on any atom is -0.493 e. The highest BCUT2D eigenvalue weighted by Gasteiger charge is 2.11. The first-order chi connectivity index (χ1) is 14.9. The molecular weight excluding hydrogens is 460 g/mol. The van der Waals surface area contributed by atoms with E-state index < -0.39 is 0 Å². The fourth-order valence-electron chi connectivity index (χ4n) is 2.91. The fourth-order valence-corrected chi connectivity index (χ4v) is 3.19. The van der Waals surface area contributed by atoms with Crippen LogP contribution in [0.1, 0.15) is 28.1 Å².